The van der Waals surface area contributed by atoms with E-state index in [1.54, 1.807) is 0 Å². The number of anilines is 4. The second-order valence-corrected chi connectivity index (χ2v) is 9.49. The summed E-state index contributed by atoms with van der Waals surface area (Å²) in [7, 11) is 3.70. The minimum absolute atomic E-state index is 0. The van der Waals surface area contributed by atoms with Gasteiger partial charge in [0.2, 0.25) is 0 Å². The molecule has 0 N–H and O–H groups in total. The summed E-state index contributed by atoms with van der Waals surface area (Å²) in [4.78, 5) is 9.21. The maximum absolute atomic E-state index is 4.59. The monoisotopic (exact) mass is 585 g/mol. The van der Waals surface area contributed by atoms with E-state index in [0.29, 0.717) is 0 Å². The fraction of sp³-hybridized carbons (Fsp3) is 0.0800. The van der Waals surface area contributed by atoms with Gasteiger partial charge in [0.05, 0.1) is 0 Å². The molecule has 30 heavy (non-hydrogen) atoms. The number of hydrogen-bond acceptors (Lipinski definition) is 3. The number of para-hydroxylation sites is 2. The standard InChI is InChI=1S/C25H19N3P.Ir/c1-27-19-10-3-5-12-23(19)29-24-13-6-4-11-20(24)28(2)22-16-17(15-21(27)25(22)29)18-9-7-8-14-26-18;/h3-15H,1-2H3;/q-1;. The van der Waals surface area contributed by atoms with Crippen molar-refractivity contribution < 1.29 is 20.1 Å². The molecule has 6 rings (SSSR count). The summed E-state index contributed by atoms with van der Waals surface area (Å²) in [6, 6.07) is 29.6. The molecule has 4 aromatic rings. The van der Waals surface area contributed by atoms with Crippen LogP contribution < -0.4 is 25.7 Å². The average Bonchev–Trinajstić information content (AvgIpc) is 2.79. The Balaban J connectivity index is 0.00000193. The molecular weight excluding hydrogens is 565 g/mol. The number of fused-ring (bicyclic) bond motifs is 4. The second kappa shape index (κ2) is 7.32. The van der Waals surface area contributed by atoms with Gasteiger partial charge in [-0.2, -0.15) is 0 Å². The SMILES string of the molecule is CN1c2[c-]c(-c3ccccn3)cc3c2P(c2ccccc21)c1ccccc1N3C.[Ir]. The zero-order valence-corrected chi connectivity index (χ0v) is 19.9. The number of rotatable bonds is 1. The normalized spacial score (nSPS) is 15.6. The van der Waals surface area contributed by atoms with E-state index in [0.717, 1.165) is 16.9 Å². The Labute approximate surface area is 191 Å². The molecule has 1 aromatic heterocycles. The summed E-state index contributed by atoms with van der Waals surface area (Å²) in [5, 5.41) is 4.22. The van der Waals surface area contributed by atoms with Gasteiger partial charge >= 0.3 is 0 Å². The third-order valence-corrected chi connectivity index (χ3v) is 8.44. The third kappa shape index (κ3) is 2.68. The summed E-state index contributed by atoms with van der Waals surface area (Å²) < 4.78 is 0. The van der Waals surface area contributed by atoms with Gasteiger partial charge in [-0.25, -0.2) is 0 Å². The van der Waals surface area contributed by atoms with Gasteiger partial charge in [-0.1, -0.05) is 48.5 Å². The number of hydrogen-bond donors (Lipinski definition) is 0. The van der Waals surface area contributed by atoms with Gasteiger partial charge in [0.15, 0.2) is 0 Å². The van der Waals surface area contributed by atoms with Crippen molar-refractivity contribution in [1.29, 1.82) is 0 Å². The summed E-state index contributed by atoms with van der Waals surface area (Å²) >= 11 is 0. The first kappa shape index (κ1) is 19.5. The van der Waals surface area contributed by atoms with E-state index in [9.17, 15) is 0 Å². The fourth-order valence-corrected chi connectivity index (χ4v) is 7.40. The van der Waals surface area contributed by atoms with Crippen LogP contribution in [0.15, 0.2) is 79.0 Å². The Bertz CT molecular complexity index is 1180. The van der Waals surface area contributed by atoms with Gasteiger partial charge < -0.3 is 14.8 Å². The van der Waals surface area contributed by atoms with Crippen molar-refractivity contribution in [3.63, 3.8) is 0 Å². The first-order valence-electron chi connectivity index (χ1n) is 9.71. The molecule has 3 aromatic carbocycles. The fourth-order valence-electron chi connectivity index (χ4n) is 4.42. The zero-order valence-electron chi connectivity index (χ0n) is 16.6. The summed E-state index contributed by atoms with van der Waals surface area (Å²) in [5.74, 6) is 0. The molecule has 3 nitrogen and oxygen atoms in total. The van der Waals surface area contributed by atoms with Crippen molar-refractivity contribution in [1.82, 2.24) is 4.98 Å². The molecule has 0 saturated heterocycles. The van der Waals surface area contributed by atoms with E-state index in [4.69, 9.17) is 0 Å². The third-order valence-electron chi connectivity index (χ3n) is 5.83. The molecule has 5 heteroatoms. The Kier molecular flexibility index (Phi) is 4.75. The van der Waals surface area contributed by atoms with Gasteiger partial charge in [-0.3, -0.25) is 0 Å². The van der Waals surface area contributed by atoms with Crippen molar-refractivity contribution in [2.24, 2.45) is 0 Å². The van der Waals surface area contributed by atoms with Crippen LogP contribution in [0.5, 0.6) is 0 Å². The van der Waals surface area contributed by atoms with Crippen molar-refractivity contribution in [3.8, 4) is 11.3 Å². The number of nitrogens with zero attached hydrogens (tertiary/aromatic N) is 3. The molecule has 0 bridgehead atoms. The van der Waals surface area contributed by atoms with Crippen LogP contribution in [0.25, 0.3) is 11.3 Å². The summed E-state index contributed by atoms with van der Waals surface area (Å²) in [6.45, 7) is 0. The van der Waals surface area contributed by atoms with Crippen LogP contribution in [0.1, 0.15) is 0 Å². The average molecular weight is 585 g/mol. The molecule has 0 fully saturated rings. The van der Waals surface area contributed by atoms with Crippen LogP contribution in [0, 0.1) is 6.07 Å². The van der Waals surface area contributed by atoms with Crippen molar-refractivity contribution >= 4 is 46.6 Å². The maximum Gasteiger partial charge on any atom is 0.0471 e. The predicted molar refractivity (Wildman–Crippen MR) is 123 cm³/mol. The summed E-state index contributed by atoms with van der Waals surface area (Å²) in [5.41, 5.74) is 6.96. The zero-order chi connectivity index (χ0) is 19.5. The Morgan fingerprint density at radius 2 is 1.40 bits per heavy atom. The van der Waals surface area contributed by atoms with E-state index in [-0.39, 0.29) is 20.1 Å². The molecular formula is C25H19IrN3P-. The van der Waals surface area contributed by atoms with Gasteiger partial charge in [-0.05, 0) is 59.1 Å². The molecule has 1 radical (unpaired) electrons. The largest absolute Gasteiger partial charge is 0.361 e. The van der Waals surface area contributed by atoms with Gasteiger partial charge in [-0.15, -0.1) is 17.7 Å². The van der Waals surface area contributed by atoms with Crippen molar-refractivity contribution in [2.75, 3.05) is 23.9 Å². The van der Waals surface area contributed by atoms with E-state index in [1.807, 2.05) is 18.3 Å². The number of pyridine rings is 1. The maximum atomic E-state index is 4.59. The van der Waals surface area contributed by atoms with Gasteiger partial charge in [0.1, 0.15) is 0 Å². The Hall–Kier alpha value is -2.51. The van der Waals surface area contributed by atoms with Crippen LogP contribution in [0.4, 0.5) is 22.7 Å². The van der Waals surface area contributed by atoms with Gasteiger partial charge in [0.25, 0.3) is 0 Å². The molecule has 3 heterocycles. The van der Waals surface area contributed by atoms with Crippen LogP contribution in [0.2, 0.25) is 0 Å². The van der Waals surface area contributed by atoms with Crippen molar-refractivity contribution in [3.05, 3.63) is 85.1 Å². The molecule has 0 saturated carbocycles. The molecule has 2 aliphatic rings. The quantitative estimate of drug-likeness (QED) is 0.243. The van der Waals surface area contributed by atoms with Crippen LogP contribution >= 0.6 is 7.92 Å². The van der Waals surface area contributed by atoms with E-state index in [2.05, 4.69) is 95.6 Å². The first-order chi connectivity index (χ1) is 14.2. The first-order valence-corrected chi connectivity index (χ1v) is 11.1. The van der Waals surface area contributed by atoms with E-state index < -0.39 is 7.92 Å². The molecule has 0 aliphatic carbocycles. The molecule has 1 atom stereocenters. The van der Waals surface area contributed by atoms with Crippen LogP contribution in [-0.2, 0) is 20.1 Å². The Morgan fingerprint density at radius 1 is 0.767 bits per heavy atom. The Morgan fingerprint density at radius 3 is 2.07 bits per heavy atom. The molecule has 0 amide bonds. The number of aromatic nitrogens is 1. The predicted octanol–water partition coefficient (Wildman–Crippen LogP) is 4.47. The van der Waals surface area contributed by atoms with Crippen LogP contribution in [-0.4, -0.2) is 19.1 Å². The second-order valence-electron chi connectivity index (χ2n) is 7.41. The minimum Gasteiger partial charge on any atom is -0.361 e. The molecule has 2 aliphatic heterocycles. The smallest absolute Gasteiger partial charge is 0.0471 e. The summed E-state index contributed by atoms with van der Waals surface area (Å²) in [6.07, 6.45) is 1.85. The number of benzene rings is 3. The van der Waals surface area contributed by atoms with E-state index >= 15 is 0 Å². The van der Waals surface area contributed by atoms with Crippen molar-refractivity contribution in [2.45, 2.75) is 0 Å². The van der Waals surface area contributed by atoms with Crippen LogP contribution in [0.3, 0.4) is 0 Å². The topological polar surface area (TPSA) is 19.4 Å². The molecule has 0 spiro atoms. The molecule has 149 valence electrons. The molecule has 1 unspecified atom stereocenters. The van der Waals surface area contributed by atoms with E-state index in [1.165, 1.54) is 33.0 Å². The van der Waals surface area contributed by atoms with Gasteiger partial charge in [0, 0.05) is 51.8 Å². The minimum atomic E-state index is -0.621.